The largest absolute Gasteiger partial charge is 0.362 e. The van der Waals surface area contributed by atoms with E-state index in [0.29, 0.717) is 5.11 Å². The first-order valence-electron chi connectivity index (χ1n) is 7.03. The van der Waals surface area contributed by atoms with E-state index in [2.05, 4.69) is 35.8 Å². The summed E-state index contributed by atoms with van der Waals surface area (Å²) in [6.45, 7) is 3.00. The molecule has 0 atom stereocenters. The first kappa shape index (κ1) is 14.1. The Morgan fingerprint density at radius 1 is 1.32 bits per heavy atom. The fourth-order valence-electron chi connectivity index (χ4n) is 2.37. The monoisotopic (exact) mass is 274 g/mol. The molecular formula is C16H22N2S. The highest BCUT2D eigenvalue weighted by Crippen LogP contribution is 2.19. The summed E-state index contributed by atoms with van der Waals surface area (Å²) in [4.78, 5) is 0. The number of hydrogen-bond acceptors (Lipinski definition) is 1. The quantitative estimate of drug-likeness (QED) is 0.636. The molecule has 0 bridgehead atoms. The van der Waals surface area contributed by atoms with Gasteiger partial charge in [-0.1, -0.05) is 23.8 Å². The lowest BCUT2D eigenvalue weighted by Gasteiger charge is -2.14. The Balaban J connectivity index is 1.71. The zero-order valence-electron chi connectivity index (χ0n) is 11.5. The van der Waals surface area contributed by atoms with Crippen molar-refractivity contribution in [3.63, 3.8) is 0 Å². The van der Waals surface area contributed by atoms with Crippen LogP contribution >= 0.6 is 12.2 Å². The van der Waals surface area contributed by atoms with Crippen LogP contribution in [0.4, 0.5) is 5.69 Å². The van der Waals surface area contributed by atoms with Gasteiger partial charge in [-0.05, 0) is 68.9 Å². The van der Waals surface area contributed by atoms with Crippen molar-refractivity contribution < 1.29 is 0 Å². The molecule has 0 aromatic heterocycles. The average molecular weight is 274 g/mol. The van der Waals surface area contributed by atoms with Crippen LogP contribution in [-0.2, 0) is 0 Å². The molecule has 0 heterocycles. The van der Waals surface area contributed by atoms with Gasteiger partial charge in [-0.15, -0.1) is 0 Å². The number of benzene rings is 1. The molecule has 0 amide bonds. The average Bonchev–Trinajstić information content (AvgIpc) is 2.40. The lowest BCUT2D eigenvalue weighted by Crippen LogP contribution is -2.29. The summed E-state index contributed by atoms with van der Waals surface area (Å²) < 4.78 is 0. The molecule has 0 spiro atoms. The predicted octanol–water partition coefficient (Wildman–Crippen LogP) is 4.17. The van der Waals surface area contributed by atoms with Crippen molar-refractivity contribution in [1.29, 1.82) is 0 Å². The zero-order valence-corrected chi connectivity index (χ0v) is 12.4. The first-order chi connectivity index (χ1) is 9.24. The highest BCUT2D eigenvalue weighted by Gasteiger charge is 2.03. The minimum Gasteiger partial charge on any atom is -0.362 e. The smallest absolute Gasteiger partial charge is 0.170 e. The molecule has 0 aliphatic heterocycles. The van der Waals surface area contributed by atoms with Gasteiger partial charge < -0.3 is 10.6 Å². The second kappa shape index (κ2) is 7.29. The van der Waals surface area contributed by atoms with Crippen LogP contribution in [0.3, 0.4) is 0 Å². The van der Waals surface area contributed by atoms with Crippen LogP contribution < -0.4 is 10.6 Å². The van der Waals surface area contributed by atoms with Crippen LogP contribution in [0.15, 0.2) is 35.9 Å². The Morgan fingerprint density at radius 3 is 2.95 bits per heavy atom. The molecule has 0 saturated heterocycles. The van der Waals surface area contributed by atoms with E-state index < -0.39 is 0 Å². The minimum atomic E-state index is 0.710. The molecule has 3 heteroatoms. The van der Waals surface area contributed by atoms with Crippen LogP contribution in [0, 0.1) is 6.92 Å². The van der Waals surface area contributed by atoms with Gasteiger partial charge in [0.05, 0.1) is 0 Å². The van der Waals surface area contributed by atoms with Crippen LogP contribution in [0.5, 0.6) is 0 Å². The maximum Gasteiger partial charge on any atom is 0.170 e. The fourth-order valence-corrected chi connectivity index (χ4v) is 2.59. The summed E-state index contributed by atoms with van der Waals surface area (Å²) in [7, 11) is 0. The van der Waals surface area contributed by atoms with Crippen molar-refractivity contribution in [1.82, 2.24) is 5.32 Å². The topological polar surface area (TPSA) is 24.1 Å². The molecule has 1 aliphatic carbocycles. The molecule has 0 saturated carbocycles. The maximum absolute atomic E-state index is 5.30. The van der Waals surface area contributed by atoms with E-state index >= 15 is 0 Å². The molecule has 1 aliphatic rings. The standard InChI is InChI=1S/C16H22N2S/c1-13-6-5-9-15(12-13)18-16(19)17-11-10-14-7-3-2-4-8-14/h5-7,9,12H,2-4,8,10-11H2,1H3,(H2,17,18,19). The number of rotatable bonds is 4. The summed E-state index contributed by atoms with van der Waals surface area (Å²) in [6, 6.07) is 8.24. The maximum atomic E-state index is 5.30. The normalized spacial score (nSPS) is 14.7. The van der Waals surface area contributed by atoms with Crippen LogP contribution in [0.1, 0.15) is 37.7 Å². The Bertz CT molecular complexity index is 466. The van der Waals surface area contributed by atoms with Crippen molar-refractivity contribution in [3.8, 4) is 0 Å². The molecule has 0 fully saturated rings. The number of anilines is 1. The Morgan fingerprint density at radius 2 is 2.21 bits per heavy atom. The van der Waals surface area contributed by atoms with Crippen LogP contribution in [-0.4, -0.2) is 11.7 Å². The van der Waals surface area contributed by atoms with Crippen molar-refractivity contribution >= 4 is 23.0 Å². The third-order valence-electron chi connectivity index (χ3n) is 3.39. The lowest BCUT2D eigenvalue weighted by atomic mass is 9.97. The van der Waals surface area contributed by atoms with E-state index in [0.717, 1.165) is 18.7 Å². The second-order valence-corrected chi connectivity index (χ2v) is 5.52. The number of nitrogens with one attached hydrogen (secondary N) is 2. The van der Waals surface area contributed by atoms with Gasteiger partial charge in [-0.3, -0.25) is 0 Å². The molecule has 1 aromatic carbocycles. The Kier molecular flexibility index (Phi) is 5.40. The number of thiocarbonyl (C=S) groups is 1. The molecule has 1 aromatic rings. The third-order valence-corrected chi connectivity index (χ3v) is 3.64. The fraction of sp³-hybridized carbons (Fsp3) is 0.438. The summed E-state index contributed by atoms with van der Waals surface area (Å²) in [5.74, 6) is 0. The summed E-state index contributed by atoms with van der Waals surface area (Å²) in [5.41, 5.74) is 3.87. The van der Waals surface area contributed by atoms with Gasteiger partial charge in [-0.25, -0.2) is 0 Å². The van der Waals surface area contributed by atoms with Gasteiger partial charge in [0, 0.05) is 12.2 Å². The number of hydrogen-bond donors (Lipinski definition) is 2. The van der Waals surface area contributed by atoms with Gasteiger partial charge in [-0.2, -0.15) is 0 Å². The van der Waals surface area contributed by atoms with Crippen LogP contribution in [0.2, 0.25) is 0 Å². The van der Waals surface area contributed by atoms with Crippen molar-refractivity contribution in [2.24, 2.45) is 0 Å². The van der Waals surface area contributed by atoms with E-state index in [1.165, 1.54) is 31.2 Å². The van der Waals surface area contributed by atoms with E-state index in [4.69, 9.17) is 12.2 Å². The lowest BCUT2D eigenvalue weighted by molar-refractivity contribution is 0.669. The SMILES string of the molecule is Cc1cccc(NC(=S)NCCC2=CCCCC2)c1. The van der Waals surface area contributed by atoms with Gasteiger partial charge >= 0.3 is 0 Å². The molecule has 2 nitrogen and oxygen atoms in total. The first-order valence-corrected chi connectivity index (χ1v) is 7.44. The molecular weight excluding hydrogens is 252 g/mol. The van der Waals surface area contributed by atoms with E-state index in [-0.39, 0.29) is 0 Å². The highest BCUT2D eigenvalue weighted by atomic mass is 32.1. The van der Waals surface area contributed by atoms with Crippen LogP contribution in [0.25, 0.3) is 0 Å². The number of allylic oxidation sites excluding steroid dienone is 1. The molecule has 102 valence electrons. The third kappa shape index (κ3) is 5.03. The Hall–Kier alpha value is -1.35. The zero-order chi connectivity index (χ0) is 13.5. The molecule has 0 unspecified atom stereocenters. The van der Waals surface area contributed by atoms with E-state index in [1.54, 1.807) is 5.57 Å². The molecule has 2 rings (SSSR count). The van der Waals surface area contributed by atoms with Gasteiger partial charge in [0.2, 0.25) is 0 Å². The van der Waals surface area contributed by atoms with E-state index in [9.17, 15) is 0 Å². The highest BCUT2D eigenvalue weighted by molar-refractivity contribution is 7.80. The van der Waals surface area contributed by atoms with Crippen molar-refractivity contribution in [2.75, 3.05) is 11.9 Å². The van der Waals surface area contributed by atoms with Gasteiger partial charge in [0.1, 0.15) is 0 Å². The molecule has 19 heavy (non-hydrogen) atoms. The second-order valence-electron chi connectivity index (χ2n) is 5.11. The minimum absolute atomic E-state index is 0.710. The Labute approximate surface area is 121 Å². The van der Waals surface area contributed by atoms with Gasteiger partial charge in [0.25, 0.3) is 0 Å². The predicted molar refractivity (Wildman–Crippen MR) is 86.6 cm³/mol. The van der Waals surface area contributed by atoms with Gasteiger partial charge in [0.15, 0.2) is 5.11 Å². The summed E-state index contributed by atoms with van der Waals surface area (Å²) >= 11 is 5.30. The summed E-state index contributed by atoms with van der Waals surface area (Å²) in [5, 5.41) is 7.21. The van der Waals surface area contributed by atoms with Crippen molar-refractivity contribution in [3.05, 3.63) is 41.5 Å². The molecule has 0 radical (unpaired) electrons. The van der Waals surface area contributed by atoms with E-state index in [1.807, 2.05) is 12.1 Å². The van der Waals surface area contributed by atoms with Crippen molar-refractivity contribution in [2.45, 2.75) is 39.0 Å². The number of aryl methyl sites for hydroxylation is 1. The molecule has 2 N–H and O–H groups in total. The summed E-state index contributed by atoms with van der Waals surface area (Å²) in [6.07, 6.45) is 8.71.